The highest BCUT2D eigenvalue weighted by molar-refractivity contribution is 6.04. The van der Waals surface area contributed by atoms with Crippen molar-refractivity contribution in [2.24, 2.45) is 4.99 Å². The number of nitrogens with zero attached hydrogens (tertiary/aromatic N) is 3. The number of carbonyl (C=O) groups is 1. The van der Waals surface area contributed by atoms with E-state index >= 15 is 0 Å². The van der Waals surface area contributed by atoms with Gasteiger partial charge in [-0.05, 0) is 49.4 Å². The summed E-state index contributed by atoms with van der Waals surface area (Å²) in [6.07, 6.45) is 0. The fraction of sp³-hybridized carbons (Fsp3) is 0.231. The van der Waals surface area contributed by atoms with Crippen LogP contribution in [0.2, 0.25) is 0 Å². The summed E-state index contributed by atoms with van der Waals surface area (Å²) in [5.41, 5.74) is 2.41. The summed E-state index contributed by atoms with van der Waals surface area (Å²) >= 11 is 0. The van der Waals surface area contributed by atoms with Crippen molar-refractivity contribution in [3.05, 3.63) is 83.9 Å². The molecule has 1 unspecified atom stereocenters. The molecule has 5 rings (SSSR count). The molecule has 3 aromatic carbocycles. The van der Waals surface area contributed by atoms with Gasteiger partial charge in [0.25, 0.3) is 5.91 Å². The smallest absolute Gasteiger partial charge is 0.254 e. The molecule has 1 amide bonds. The van der Waals surface area contributed by atoms with Crippen LogP contribution in [0.3, 0.4) is 0 Å². The van der Waals surface area contributed by atoms with Crippen LogP contribution < -0.4 is 9.47 Å². The minimum absolute atomic E-state index is 0.0212. The van der Waals surface area contributed by atoms with E-state index in [1.165, 1.54) is 0 Å². The second-order valence-corrected chi connectivity index (χ2v) is 8.03. The minimum Gasteiger partial charge on any atom is -0.497 e. The number of carbonyl (C=O) groups excluding carboxylic acids is 1. The van der Waals surface area contributed by atoms with Gasteiger partial charge in [-0.2, -0.15) is 0 Å². The SMILES string of the molecule is COc1cccc(C(=O)N2CCN(C3=Nc4ccccc4Oc4ccccc43)CC2C)c1. The molecule has 6 nitrogen and oxygen atoms in total. The normalized spacial score (nSPS) is 17.4. The Morgan fingerprint density at radius 1 is 1.00 bits per heavy atom. The van der Waals surface area contributed by atoms with Crippen LogP contribution in [-0.2, 0) is 0 Å². The Balaban J connectivity index is 1.42. The fourth-order valence-corrected chi connectivity index (χ4v) is 4.28. The first-order valence-electron chi connectivity index (χ1n) is 10.8. The van der Waals surface area contributed by atoms with Crippen molar-refractivity contribution >= 4 is 17.4 Å². The summed E-state index contributed by atoms with van der Waals surface area (Å²) < 4.78 is 11.5. The Morgan fingerprint density at radius 2 is 1.78 bits per heavy atom. The summed E-state index contributed by atoms with van der Waals surface area (Å²) in [6.45, 7) is 4.07. The van der Waals surface area contributed by atoms with E-state index < -0.39 is 0 Å². The molecule has 0 radical (unpaired) electrons. The van der Waals surface area contributed by atoms with Crippen LogP contribution in [0.4, 0.5) is 5.69 Å². The molecular formula is C26H25N3O3. The quantitative estimate of drug-likeness (QED) is 0.594. The summed E-state index contributed by atoms with van der Waals surface area (Å²) in [6, 6.07) is 23.1. The average molecular weight is 428 g/mol. The number of benzene rings is 3. The van der Waals surface area contributed by atoms with E-state index in [-0.39, 0.29) is 11.9 Å². The van der Waals surface area contributed by atoms with Crippen LogP contribution in [0.1, 0.15) is 22.8 Å². The number of hydrogen-bond donors (Lipinski definition) is 0. The van der Waals surface area contributed by atoms with Crippen molar-refractivity contribution in [1.82, 2.24) is 9.80 Å². The lowest BCUT2D eigenvalue weighted by Gasteiger charge is -2.41. The maximum Gasteiger partial charge on any atom is 0.254 e. The largest absolute Gasteiger partial charge is 0.497 e. The summed E-state index contributed by atoms with van der Waals surface area (Å²) in [7, 11) is 1.61. The van der Waals surface area contributed by atoms with Gasteiger partial charge in [0.15, 0.2) is 5.75 Å². The number of fused-ring (bicyclic) bond motifs is 2. The molecule has 0 spiro atoms. The lowest BCUT2D eigenvalue weighted by molar-refractivity contribution is 0.0581. The monoisotopic (exact) mass is 427 g/mol. The van der Waals surface area contributed by atoms with Gasteiger partial charge in [-0.3, -0.25) is 4.79 Å². The zero-order valence-electron chi connectivity index (χ0n) is 18.2. The Hall–Kier alpha value is -3.80. The molecule has 2 aliphatic rings. The third-order valence-electron chi connectivity index (χ3n) is 5.94. The predicted molar refractivity (Wildman–Crippen MR) is 124 cm³/mol. The van der Waals surface area contributed by atoms with Crippen LogP contribution in [-0.4, -0.2) is 54.3 Å². The standard InChI is InChI=1S/C26H25N3O3/c1-18-17-28(14-15-29(18)26(30)19-8-7-9-20(16-19)31-2)25-21-10-3-5-12-23(21)32-24-13-6-4-11-22(24)27-25/h3-13,16,18H,14-15,17H2,1-2H3. The first-order valence-corrected chi connectivity index (χ1v) is 10.8. The molecule has 32 heavy (non-hydrogen) atoms. The maximum absolute atomic E-state index is 13.2. The number of hydrogen-bond acceptors (Lipinski definition) is 5. The second kappa shape index (κ2) is 8.38. The lowest BCUT2D eigenvalue weighted by Crippen LogP contribution is -2.55. The van der Waals surface area contributed by atoms with Crippen molar-refractivity contribution in [3.8, 4) is 17.2 Å². The van der Waals surface area contributed by atoms with Gasteiger partial charge in [-0.15, -0.1) is 0 Å². The Kier molecular flexibility index (Phi) is 5.27. The Morgan fingerprint density at radius 3 is 2.59 bits per heavy atom. The molecule has 1 fully saturated rings. The highest BCUT2D eigenvalue weighted by Gasteiger charge is 2.32. The zero-order chi connectivity index (χ0) is 22.1. The average Bonchev–Trinajstić information content (AvgIpc) is 3.00. The Bertz CT molecular complexity index is 1190. The van der Waals surface area contributed by atoms with Crippen LogP contribution in [0.25, 0.3) is 0 Å². The maximum atomic E-state index is 13.2. The molecule has 2 heterocycles. The third kappa shape index (κ3) is 3.68. The van der Waals surface area contributed by atoms with E-state index in [2.05, 4.69) is 11.8 Å². The van der Waals surface area contributed by atoms with E-state index in [1.54, 1.807) is 13.2 Å². The van der Waals surface area contributed by atoms with E-state index in [1.807, 2.05) is 71.6 Å². The van der Waals surface area contributed by atoms with Gasteiger partial charge in [-0.25, -0.2) is 4.99 Å². The van der Waals surface area contributed by atoms with Crippen LogP contribution in [0, 0.1) is 0 Å². The lowest BCUT2D eigenvalue weighted by atomic mass is 10.1. The fourth-order valence-electron chi connectivity index (χ4n) is 4.28. The molecule has 0 bridgehead atoms. The number of rotatable bonds is 2. The number of aliphatic imine (C=N–C) groups is 1. The minimum atomic E-state index is 0.0212. The van der Waals surface area contributed by atoms with E-state index in [9.17, 15) is 4.79 Å². The molecule has 162 valence electrons. The van der Waals surface area contributed by atoms with Gasteiger partial charge < -0.3 is 19.3 Å². The number of para-hydroxylation sites is 3. The van der Waals surface area contributed by atoms with Crippen LogP contribution in [0.15, 0.2) is 77.8 Å². The molecule has 3 aromatic rings. The summed E-state index contributed by atoms with van der Waals surface area (Å²) in [5.74, 6) is 3.12. The van der Waals surface area contributed by atoms with Gasteiger partial charge in [-0.1, -0.05) is 30.3 Å². The number of ether oxygens (including phenoxy) is 2. The molecule has 6 heteroatoms. The molecule has 0 saturated carbocycles. The number of amidine groups is 1. The second-order valence-electron chi connectivity index (χ2n) is 8.03. The number of methoxy groups -OCH3 is 1. The van der Waals surface area contributed by atoms with Crippen molar-refractivity contribution in [2.75, 3.05) is 26.7 Å². The van der Waals surface area contributed by atoms with Gasteiger partial charge in [0.1, 0.15) is 23.0 Å². The number of piperazine rings is 1. The summed E-state index contributed by atoms with van der Waals surface area (Å²) in [5, 5.41) is 0. The van der Waals surface area contributed by atoms with E-state index in [0.717, 1.165) is 28.6 Å². The van der Waals surface area contributed by atoms with Crippen molar-refractivity contribution < 1.29 is 14.3 Å². The Labute approximate surface area is 187 Å². The number of amides is 1. The van der Waals surface area contributed by atoms with Crippen molar-refractivity contribution in [3.63, 3.8) is 0 Å². The van der Waals surface area contributed by atoms with Gasteiger partial charge >= 0.3 is 0 Å². The summed E-state index contributed by atoms with van der Waals surface area (Å²) in [4.78, 5) is 22.4. The molecular weight excluding hydrogens is 402 g/mol. The first-order chi connectivity index (χ1) is 15.6. The molecule has 0 N–H and O–H groups in total. The highest BCUT2D eigenvalue weighted by Crippen LogP contribution is 2.38. The van der Waals surface area contributed by atoms with E-state index in [4.69, 9.17) is 14.5 Å². The molecule has 2 aliphatic heterocycles. The van der Waals surface area contributed by atoms with Gasteiger partial charge in [0, 0.05) is 31.2 Å². The molecule has 0 aliphatic carbocycles. The zero-order valence-corrected chi connectivity index (χ0v) is 18.2. The predicted octanol–water partition coefficient (Wildman–Crippen LogP) is 4.73. The van der Waals surface area contributed by atoms with Crippen molar-refractivity contribution in [1.29, 1.82) is 0 Å². The van der Waals surface area contributed by atoms with E-state index in [0.29, 0.717) is 30.9 Å². The van der Waals surface area contributed by atoms with Crippen molar-refractivity contribution in [2.45, 2.75) is 13.0 Å². The topological polar surface area (TPSA) is 54.4 Å². The van der Waals surface area contributed by atoms with Crippen LogP contribution >= 0.6 is 0 Å². The van der Waals surface area contributed by atoms with Gasteiger partial charge in [0.05, 0.1) is 12.7 Å². The van der Waals surface area contributed by atoms with Crippen LogP contribution in [0.5, 0.6) is 17.2 Å². The molecule has 0 aromatic heterocycles. The molecule has 1 atom stereocenters. The molecule has 1 saturated heterocycles. The highest BCUT2D eigenvalue weighted by atomic mass is 16.5. The third-order valence-corrected chi connectivity index (χ3v) is 5.94. The first kappa shape index (κ1) is 20.1. The van der Waals surface area contributed by atoms with Gasteiger partial charge in [0.2, 0.25) is 0 Å².